The van der Waals surface area contributed by atoms with Gasteiger partial charge < -0.3 is 19.3 Å². The van der Waals surface area contributed by atoms with Gasteiger partial charge in [-0.2, -0.15) is 0 Å². The molecule has 1 aliphatic heterocycles. The van der Waals surface area contributed by atoms with E-state index in [1.807, 2.05) is 0 Å². The van der Waals surface area contributed by atoms with Crippen molar-refractivity contribution >= 4 is 45.0 Å². The molecular formula is C25H22BrN3O8S. The molecule has 1 atom stereocenters. The number of hydrogen-bond donors (Lipinski definition) is 1. The van der Waals surface area contributed by atoms with Gasteiger partial charge in [0, 0.05) is 21.7 Å². The summed E-state index contributed by atoms with van der Waals surface area (Å²) < 4.78 is 18.1. The molecule has 0 fully saturated rings. The van der Waals surface area contributed by atoms with Gasteiger partial charge in [0.15, 0.2) is 4.80 Å². The van der Waals surface area contributed by atoms with Crippen LogP contribution in [0.3, 0.4) is 0 Å². The van der Waals surface area contributed by atoms with Crippen molar-refractivity contribution in [3.05, 3.63) is 87.0 Å². The Hall–Kier alpha value is -3.97. The normalized spacial score (nSPS) is 15.1. The quantitative estimate of drug-likeness (QED) is 0.246. The summed E-state index contributed by atoms with van der Waals surface area (Å²) in [5, 5.41) is 21.9. The molecule has 0 amide bonds. The van der Waals surface area contributed by atoms with Crippen LogP contribution in [0.5, 0.6) is 17.2 Å². The van der Waals surface area contributed by atoms with Gasteiger partial charge in [-0.05, 0) is 44.2 Å². The van der Waals surface area contributed by atoms with Crippen LogP contribution in [0.25, 0.3) is 6.08 Å². The Kier molecular flexibility index (Phi) is 7.69. The minimum absolute atomic E-state index is 0.0631. The second kappa shape index (κ2) is 10.8. The zero-order valence-corrected chi connectivity index (χ0v) is 23.1. The zero-order valence-electron chi connectivity index (χ0n) is 20.7. The van der Waals surface area contributed by atoms with Crippen molar-refractivity contribution in [3.8, 4) is 17.2 Å². The number of carbonyl (C=O) groups is 1. The number of nitrogens with zero attached hydrogens (tertiary/aromatic N) is 3. The van der Waals surface area contributed by atoms with Crippen molar-refractivity contribution in [2.24, 2.45) is 4.99 Å². The lowest BCUT2D eigenvalue weighted by Gasteiger charge is -2.26. The van der Waals surface area contributed by atoms with Crippen LogP contribution < -0.4 is 24.4 Å². The van der Waals surface area contributed by atoms with Gasteiger partial charge in [-0.15, -0.1) is 0 Å². The average Bonchev–Trinajstić information content (AvgIpc) is 3.18. The van der Waals surface area contributed by atoms with Gasteiger partial charge in [0.05, 0.1) is 41.6 Å². The molecule has 1 aromatic heterocycles. The third kappa shape index (κ3) is 4.82. The van der Waals surface area contributed by atoms with E-state index in [4.69, 9.17) is 14.2 Å². The van der Waals surface area contributed by atoms with E-state index >= 15 is 0 Å². The SMILES string of the molecule is CCOC(=O)C1=C(C)N=c2s/c(=C\c3cc(Br)cc([N+](=O)[O-])c3O)c(=O)n2[C@H]1c1cc(OC)ccc1OC. The van der Waals surface area contributed by atoms with Crippen molar-refractivity contribution in [3.63, 3.8) is 0 Å². The van der Waals surface area contributed by atoms with E-state index in [-0.39, 0.29) is 27.1 Å². The van der Waals surface area contributed by atoms with Crippen LogP contribution in [0.4, 0.5) is 5.69 Å². The highest BCUT2D eigenvalue weighted by atomic mass is 79.9. The number of ether oxygens (including phenoxy) is 3. The first-order valence-electron chi connectivity index (χ1n) is 11.2. The minimum Gasteiger partial charge on any atom is -0.502 e. The number of carbonyl (C=O) groups excluding carboxylic acids is 1. The highest BCUT2D eigenvalue weighted by molar-refractivity contribution is 9.10. The number of fused-ring (bicyclic) bond motifs is 1. The molecule has 0 unspecified atom stereocenters. The first kappa shape index (κ1) is 27.1. The van der Waals surface area contributed by atoms with Crippen LogP contribution in [-0.4, -0.2) is 41.4 Å². The van der Waals surface area contributed by atoms with E-state index in [9.17, 15) is 24.8 Å². The van der Waals surface area contributed by atoms with Gasteiger partial charge in [-0.3, -0.25) is 19.5 Å². The minimum atomic E-state index is -0.969. The lowest BCUT2D eigenvalue weighted by atomic mass is 9.94. The summed E-state index contributed by atoms with van der Waals surface area (Å²) in [5.41, 5.74) is -0.00545. The number of hydrogen-bond acceptors (Lipinski definition) is 10. The fourth-order valence-electron chi connectivity index (χ4n) is 4.13. The molecule has 2 aromatic carbocycles. The van der Waals surface area contributed by atoms with E-state index in [1.54, 1.807) is 32.0 Å². The molecule has 2 heterocycles. The highest BCUT2D eigenvalue weighted by Gasteiger charge is 2.35. The Morgan fingerprint density at radius 2 is 2.03 bits per heavy atom. The van der Waals surface area contributed by atoms with Crippen LogP contribution in [-0.2, 0) is 9.53 Å². The molecule has 0 spiro atoms. The molecule has 0 aliphatic carbocycles. The summed E-state index contributed by atoms with van der Waals surface area (Å²) in [6.45, 7) is 3.43. The largest absolute Gasteiger partial charge is 0.502 e. The second-order valence-electron chi connectivity index (χ2n) is 8.03. The molecule has 1 N–H and O–H groups in total. The van der Waals surface area contributed by atoms with Gasteiger partial charge in [-0.1, -0.05) is 27.3 Å². The molecule has 38 heavy (non-hydrogen) atoms. The van der Waals surface area contributed by atoms with Crippen LogP contribution >= 0.6 is 27.3 Å². The number of thiazole rings is 1. The lowest BCUT2D eigenvalue weighted by Crippen LogP contribution is -2.40. The standard InChI is InChI=1S/C25H22BrN3O8S/c1-5-37-24(32)20-12(2)27-25-28(21(20)16-11-15(35-3)6-7-18(16)36-4)23(31)19(38-25)9-13-8-14(26)10-17(22(13)30)29(33)34/h6-11,21,30H,5H2,1-4H3/b19-9-/t21-/m0/s1. The smallest absolute Gasteiger partial charge is 0.338 e. The molecule has 0 radical (unpaired) electrons. The fraction of sp³-hybridized carbons (Fsp3) is 0.240. The summed E-state index contributed by atoms with van der Waals surface area (Å²) in [4.78, 5) is 42.4. The van der Waals surface area contributed by atoms with E-state index in [1.165, 1.54) is 30.9 Å². The predicted octanol–water partition coefficient (Wildman–Crippen LogP) is 3.19. The molecular weight excluding hydrogens is 582 g/mol. The Morgan fingerprint density at radius 1 is 1.29 bits per heavy atom. The number of esters is 1. The molecule has 198 valence electrons. The molecule has 0 bridgehead atoms. The van der Waals surface area contributed by atoms with Crippen molar-refractivity contribution in [1.29, 1.82) is 0 Å². The van der Waals surface area contributed by atoms with Crippen molar-refractivity contribution in [1.82, 2.24) is 4.57 Å². The van der Waals surface area contributed by atoms with Gasteiger partial charge in [0.2, 0.25) is 5.75 Å². The average molecular weight is 604 g/mol. The summed E-state index contributed by atoms with van der Waals surface area (Å²) in [5.74, 6) is -0.342. The lowest BCUT2D eigenvalue weighted by molar-refractivity contribution is -0.385. The van der Waals surface area contributed by atoms with Crippen molar-refractivity contribution < 1.29 is 29.0 Å². The molecule has 3 aromatic rings. The van der Waals surface area contributed by atoms with Crippen LogP contribution in [0.15, 0.2) is 55.9 Å². The zero-order chi connectivity index (χ0) is 27.7. The predicted molar refractivity (Wildman–Crippen MR) is 142 cm³/mol. The maximum absolute atomic E-state index is 13.8. The van der Waals surface area contributed by atoms with Crippen LogP contribution in [0.2, 0.25) is 0 Å². The number of phenols is 1. The number of aromatic nitrogens is 1. The number of benzene rings is 2. The van der Waals surface area contributed by atoms with E-state index in [0.717, 1.165) is 17.4 Å². The first-order valence-corrected chi connectivity index (χ1v) is 12.8. The molecule has 0 saturated heterocycles. The fourth-order valence-corrected chi connectivity index (χ4v) is 5.64. The van der Waals surface area contributed by atoms with Crippen LogP contribution in [0.1, 0.15) is 31.0 Å². The van der Waals surface area contributed by atoms with E-state index in [2.05, 4.69) is 20.9 Å². The Bertz CT molecular complexity index is 1670. The van der Waals surface area contributed by atoms with Crippen molar-refractivity contribution in [2.75, 3.05) is 20.8 Å². The summed E-state index contributed by atoms with van der Waals surface area (Å²) >= 11 is 4.21. The number of aromatic hydroxyl groups is 1. The molecule has 11 nitrogen and oxygen atoms in total. The highest BCUT2D eigenvalue weighted by Crippen LogP contribution is 2.38. The van der Waals surface area contributed by atoms with Gasteiger partial charge >= 0.3 is 11.7 Å². The summed E-state index contributed by atoms with van der Waals surface area (Å²) in [6, 6.07) is 6.68. The molecule has 1 aliphatic rings. The Balaban J connectivity index is 2.04. The molecule has 13 heteroatoms. The number of rotatable bonds is 7. The van der Waals surface area contributed by atoms with E-state index < -0.39 is 33.9 Å². The van der Waals surface area contributed by atoms with Gasteiger partial charge in [0.1, 0.15) is 17.5 Å². The molecule has 4 rings (SSSR count). The second-order valence-corrected chi connectivity index (χ2v) is 9.95. The number of nitro groups is 1. The summed E-state index contributed by atoms with van der Waals surface area (Å²) in [7, 11) is 2.96. The maximum Gasteiger partial charge on any atom is 0.338 e. The monoisotopic (exact) mass is 603 g/mol. The number of halogens is 1. The van der Waals surface area contributed by atoms with Gasteiger partial charge in [-0.25, -0.2) is 9.79 Å². The van der Waals surface area contributed by atoms with Gasteiger partial charge in [0.25, 0.3) is 5.56 Å². The maximum atomic E-state index is 13.8. The summed E-state index contributed by atoms with van der Waals surface area (Å²) in [6.07, 6.45) is 1.35. The van der Waals surface area contributed by atoms with Crippen molar-refractivity contribution in [2.45, 2.75) is 19.9 Å². The first-order chi connectivity index (χ1) is 18.1. The van der Waals surface area contributed by atoms with E-state index in [0.29, 0.717) is 27.2 Å². The number of methoxy groups -OCH3 is 2. The third-order valence-corrected chi connectivity index (χ3v) is 7.26. The Labute approximate surface area is 228 Å². The Morgan fingerprint density at radius 3 is 2.66 bits per heavy atom. The topological polar surface area (TPSA) is 142 Å². The third-order valence-electron chi connectivity index (χ3n) is 5.82. The number of nitro benzene ring substituents is 1. The molecule has 0 saturated carbocycles. The number of phenolic OH excluding ortho intramolecular Hbond substituents is 1. The number of allylic oxidation sites excluding steroid dienone is 1. The van der Waals surface area contributed by atoms with Crippen LogP contribution in [0, 0.1) is 10.1 Å².